The van der Waals surface area contributed by atoms with E-state index < -0.39 is 5.92 Å². The molecule has 4 nitrogen and oxygen atoms in total. The molecule has 1 aromatic rings. The van der Waals surface area contributed by atoms with Crippen LogP contribution in [0.25, 0.3) is 0 Å². The number of nitrogens with one attached hydrogen (secondary N) is 1. The predicted molar refractivity (Wildman–Crippen MR) is 118 cm³/mol. The number of amides is 1. The Morgan fingerprint density at radius 3 is 2.07 bits per heavy atom. The SMILES string of the molecule is CC(C)[C@@H](C(=O)OCC(=O)N[C@@H](C)C12CC3CC(CC(C3)C1)C2)c1ccc(Cl)cc1. The van der Waals surface area contributed by atoms with E-state index >= 15 is 0 Å². The summed E-state index contributed by atoms with van der Waals surface area (Å²) in [6.45, 7) is 5.90. The van der Waals surface area contributed by atoms with Crippen molar-refractivity contribution >= 4 is 23.5 Å². The highest BCUT2D eigenvalue weighted by atomic mass is 35.5. The fourth-order valence-electron chi connectivity index (χ4n) is 6.83. The first-order valence-electron chi connectivity index (χ1n) is 11.5. The first kappa shape index (κ1) is 21.7. The van der Waals surface area contributed by atoms with Crippen LogP contribution in [0, 0.1) is 29.1 Å². The minimum absolute atomic E-state index is 0.0627. The van der Waals surface area contributed by atoms with Crippen LogP contribution >= 0.6 is 11.6 Å². The van der Waals surface area contributed by atoms with Crippen molar-refractivity contribution in [2.75, 3.05) is 6.61 Å². The number of halogens is 1. The third kappa shape index (κ3) is 4.39. The predicted octanol–water partition coefficient (Wildman–Crippen LogP) is 5.34. The van der Waals surface area contributed by atoms with E-state index in [0.717, 1.165) is 23.3 Å². The van der Waals surface area contributed by atoms with Gasteiger partial charge in [0.15, 0.2) is 6.61 Å². The molecule has 0 radical (unpaired) electrons. The average Bonchev–Trinajstić information content (AvgIpc) is 2.67. The molecule has 0 aliphatic heterocycles. The number of rotatable bonds is 7. The van der Waals surface area contributed by atoms with Crippen LogP contribution in [0.2, 0.25) is 5.02 Å². The highest BCUT2D eigenvalue weighted by Gasteiger charge is 2.53. The van der Waals surface area contributed by atoms with Crippen LogP contribution in [-0.2, 0) is 14.3 Å². The lowest BCUT2D eigenvalue weighted by molar-refractivity contribution is -0.151. The fraction of sp³-hybridized carbons (Fsp3) is 0.680. The van der Waals surface area contributed by atoms with Gasteiger partial charge in [0.2, 0.25) is 0 Å². The second-order valence-electron chi connectivity index (χ2n) is 10.5. The molecule has 5 heteroatoms. The van der Waals surface area contributed by atoms with Gasteiger partial charge in [-0.3, -0.25) is 9.59 Å². The van der Waals surface area contributed by atoms with E-state index in [4.69, 9.17) is 16.3 Å². The molecule has 30 heavy (non-hydrogen) atoms. The van der Waals surface area contributed by atoms with Gasteiger partial charge in [-0.1, -0.05) is 37.6 Å². The third-order valence-electron chi connectivity index (χ3n) is 7.88. The highest BCUT2D eigenvalue weighted by molar-refractivity contribution is 6.30. The van der Waals surface area contributed by atoms with Gasteiger partial charge in [0.05, 0.1) is 5.92 Å². The number of hydrogen-bond acceptors (Lipinski definition) is 3. The zero-order valence-electron chi connectivity index (χ0n) is 18.3. The molecule has 0 unspecified atom stereocenters. The number of ether oxygens (including phenoxy) is 1. The molecular weight excluding hydrogens is 398 g/mol. The van der Waals surface area contributed by atoms with E-state index in [-0.39, 0.29) is 35.9 Å². The van der Waals surface area contributed by atoms with E-state index in [1.165, 1.54) is 38.5 Å². The number of hydrogen-bond donors (Lipinski definition) is 1. The van der Waals surface area contributed by atoms with Crippen molar-refractivity contribution in [2.24, 2.45) is 29.1 Å². The molecule has 0 saturated heterocycles. The van der Waals surface area contributed by atoms with Gasteiger partial charge in [-0.05, 0) is 92.2 Å². The molecule has 2 atom stereocenters. The van der Waals surface area contributed by atoms with Gasteiger partial charge >= 0.3 is 5.97 Å². The Hall–Kier alpha value is -1.55. The maximum absolute atomic E-state index is 12.7. The molecule has 164 valence electrons. The maximum atomic E-state index is 12.7. The normalized spacial score (nSPS) is 31.4. The first-order valence-corrected chi connectivity index (χ1v) is 11.8. The molecule has 4 bridgehead atoms. The minimum Gasteiger partial charge on any atom is -0.455 e. The van der Waals surface area contributed by atoms with Gasteiger partial charge in [-0.15, -0.1) is 0 Å². The Kier molecular flexibility index (Phi) is 6.16. The lowest BCUT2D eigenvalue weighted by atomic mass is 9.48. The van der Waals surface area contributed by atoms with Crippen molar-refractivity contribution in [3.05, 3.63) is 34.9 Å². The van der Waals surface area contributed by atoms with E-state index in [9.17, 15) is 9.59 Å². The Morgan fingerprint density at radius 1 is 1.03 bits per heavy atom. The first-order chi connectivity index (χ1) is 14.3. The molecule has 0 heterocycles. The zero-order valence-corrected chi connectivity index (χ0v) is 19.1. The lowest BCUT2D eigenvalue weighted by Crippen LogP contribution is -2.56. The van der Waals surface area contributed by atoms with E-state index in [1.54, 1.807) is 12.1 Å². The molecule has 4 aliphatic carbocycles. The molecule has 4 saturated carbocycles. The van der Waals surface area contributed by atoms with Gasteiger partial charge in [0, 0.05) is 11.1 Å². The van der Waals surface area contributed by atoms with Gasteiger partial charge in [-0.2, -0.15) is 0 Å². The highest BCUT2D eigenvalue weighted by Crippen LogP contribution is 2.61. The molecule has 1 amide bonds. The van der Waals surface area contributed by atoms with Crippen LogP contribution in [0.5, 0.6) is 0 Å². The van der Waals surface area contributed by atoms with Crippen LogP contribution in [0.1, 0.15) is 70.8 Å². The maximum Gasteiger partial charge on any atom is 0.314 e. The minimum atomic E-state index is -0.407. The topological polar surface area (TPSA) is 55.4 Å². The largest absolute Gasteiger partial charge is 0.455 e. The second kappa shape index (κ2) is 8.53. The van der Waals surface area contributed by atoms with Crippen LogP contribution in [0.4, 0.5) is 0 Å². The van der Waals surface area contributed by atoms with Crippen molar-refractivity contribution in [3.8, 4) is 0 Å². The lowest BCUT2D eigenvalue weighted by Gasteiger charge is -2.59. The van der Waals surface area contributed by atoms with Crippen LogP contribution in [0.3, 0.4) is 0 Å². The summed E-state index contributed by atoms with van der Waals surface area (Å²) in [6.07, 6.45) is 7.89. The summed E-state index contributed by atoms with van der Waals surface area (Å²) in [4.78, 5) is 25.4. The monoisotopic (exact) mass is 431 g/mol. The van der Waals surface area contributed by atoms with Crippen LogP contribution in [0.15, 0.2) is 24.3 Å². The van der Waals surface area contributed by atoms with E-state index in [1.807, 2.05) is 26.0 Å². The Balaban J connectivity index is 1.32. The average molecular weight is 432 g/mol. The molecule has 4 fully saturated rings. The molecule has 4 aliphatic rings. The smallest absolute Gasteiger partial charge is 0.314 e. The van der Waals surface area contributed by atoms with E-state index in [2.05, 4.69) is 12.2 Å². The molecule has 5 rings (SSSR count). The summed E-state index contributed by atoms with van der Waals surface area (Å²) < 4.78 is 5.45. The summed E-state index contributed by atoms with van der Waals surface area (Å²) in [5.74, 6) is 1.65. The van der Waals surface area contributed by atoms with Crippen molar-refractivity contribution in [1.82, 2.24) is 5.32 Å². The second-order valence-corrected chi connectivity index (χ2v) is 10.9. The van der Waals surface area contributed by atoms with Gasteiger partial charge in [0.1, 0.15) is 0 Å². The van der Waals surface area contributed by atoms with Gasteiger partial charge in [-0.25, -0.2) is 0 Å². The molecule has 0 spiro atoms. The third-order valence-corrected chi connectivity index (χ3v) is 8.13. The van der Waals surface area contributed by atoms with Crippen LogP contribution in [-0.4, -0.2) is 24.5 Å². The number of esters is 1. The summed E-state index contributed by atoms with van der Waals surface area (Å²) in [5.41, 5.74) is 1.11. The quantitative estimate of drug-likeness (QED) is 0.592. The summed E-state index contributed by atoms with van der Waals surface area (Å²) >= 11 is 5.97. The van der Waals surface area contributed by atoms with Crippen molar-refractivity contribution in [2.45, 2.75) is 71.3 Å². The molecule has 1 N–H and O–H groups in total. The zero-order chi connectivity index (χ0) is 21.5. The Labute approximate surface area is 185 Å². The number of benzene rings is 1. The van der Waals surface area contributed by atoms with Crippen molar-refractivity contribution in [1.29, 1.82) is 0 Å². The number of carbonyl (C=O) groups is 2. The van der Waals surface area contributed by atoms with Gasteiger partial charge < -0.3 is 10.1 Å². The Bertz CT molecular complexity index is 753. The summed E-state index contributed by atoms with van der Waals surface area (Å²) in [6, 6.07) is 7.39. The summed E-state index contributed by atoms with van der Waals surface area (Å²) in [5, 5.41) is 3.81. The number of carbonyl (C=O) groups excluding carboxylic acids is 2. The summed E-state index contributed by atoms with van der Waals surface area (Å²) in [7, 11) is 0. The van der Waals surface area contributed by atoms with E-state index in [0.29, 0.717) is 5.02 Å². The Morgan fingerprint density at radius 2 is 1.57 bits per heavy atom. The van der Waals surface area contributed by atoms with Crippen molar-refractivity contribution in [3.63, 3.8) is 0 Å². The van der Waals surface area contributed by atoms with Crippen LogP contribution < -0.4 is 5.32 Å². The molecule has 0 aromatic heterocycles. The van der Waals surface area contributed by atoms with Gasteiger partial charge in [0.25, 0.3) is 5.91 Å². The standard InChI is InChI=1S/C25H34ClNO3/c1-15(2)23(20-4-6-21(26)7-5-20)24(29)30-14-22(28)27-16(3)25-11-17-8-18(12-25)10-19(9-17)13-25/h4-7,15-19,23H,8-14H2,1-3H3,(H,27,28)/t16-,17?,18?,19?,23+,25?/m0/s1. The molecular formula is C25H34ClNO3. The van der Waals surface area contributed by atoms with Crippen molar-refractivity contribution < 1.29 is 14.3 Å². The molecule has 1 aromatic carbocycles. The fourth-order valence-corrected chi connectivity index (χ4v) is 6.96.